The first-order valence-corrected chi connectivity index (χ1v) is 10.3. The van der Waals surface area contributed by atoms with Gasteiger partial charge < -0.3 is 9.42 Å². The zero-order chi connectivity index (χ0) is 22.4. The van der Waals surface area contributed by atoms with Gasteiger partial charge >= 0.3 is 0 Å². The van der Waals surface area contributed by atoms with Crippen LogP contribution in [-0.4, -0.2) is 57.9 Å². The van der Waals surface area contributed by atoms with Crippen LogP contribution in [0.3, 0.4) is 0 Å². The van der Waals surface area contributed by atoms with Gasteiger partial charge in [-0.2, -0.15) is 0 Å². The van der Waals surface area contributed by atoms with E-state index in [1.165, 1.54) is 24.3 Å². The number of nitro benzene ring substituents is 1. The number of non-ortho nitro benzene ring substituents is 1. The molecule has 0 spiro atoms. The Morgan fingerprint density at radius 1 is 1.06 bits per heavy atom. The van der Waals surface area contributed by atoms with Crippen LogP contribution in [0, 0.1) is 15.9 Å². The van der Waals surface area contributed by atoms with Gasteiger partial charge in [0, 0.05) is 42.6 Å². The summed E-state index contributed by atoms with van der Waals surface area (Å²) in [6.45, 7) is 2.26. The first-order valence-electron chi connectivity index (χ1n) is 10.3. The quantitative estimate of drug-likeness (QED) is 0.314. The van der Waals surface area contributed by atoms with Crippen molar-refractivity contribution in [3.8, 4) is 0 Å². The standard InChI is InChI=1S/C22H19FN4O5.ClH/c23-14-1-3-17-19(11-14)32-24-20(17)13-5-7-25(8-6-13)9-10-26-21(28)16-4-2-15(27(30)31)12-18(16)22(26)29;/h1-4,11-13H,5-10H2;1H. The molecular weight excluding hydrogens is 455 g/mol. The van der Waals surface area contributed by atoms with Crippen LogP contribution in [0.15, 0.2) is 40.9 Å². The van der Waals surface area contributed by atoms with Crippen LogP contribution >= 0.6 is 12.4 Å². The first-order chi connectivity index (χ1) is 15.4. The van der Waals surface area contributed by atoms with Crippen LogP contribution in [0.25, 0.3) is 11.0 Å². The summed E-state index contributed by atoms with van der Waals surface area (Å²) in [5.41, 5.74) is 1.35. The molecule has 0 radical (unpaired) electrons. The van der Waals surface area contributed by atoms with Crippen molar-refractivity contribution < 1.29 is 23.4 Å². The topological polar surface area (TPSA) is 110 Å². The minimum absolute atomic E-state index is 0. The third-order valence-electron chi connectivity index (χ3n) is 6.24. The molecule has 2 aromatic carbocycles. The maximum absolute atomic E-state index is 13.4. The lowest BCUT2D eigenvalue weighted by atomic mass is 9.91. The third kappa shape index (κ3) is 4.07. The number of aromatic nitrogens is 1. The van der Waals surface area contributed by atoms with Crippen molar-refractivity contribution in [3.63, 3.8) is 0 Å². The van der Waals surface area contributed by atoms with Crippen LogP contribution in [-0.2, 0) is 0 Å². The summed E-state index contributed by atoms with van der Waals surface area (Å²) in [6, 6.07) is 8.16. The van der Waals surface area contributed by atoms with E-state index >= 15 is 0 Å². The molecule has 2 aliphatic heterocycles. The molecule has 2 amide bonds. The van der Waals surface area contributed by atoms with Crippen LogP contribution in [0.2, 0.25) is 0 Å². The Balaban J connectivity index is 0.00000259. The number of fused-ring (bicyclic) bond motifs is 2. The second-order valence-corrected chi connectivity index (χ2v) is 8.07. The number of imide groups is 1. The molecule has 0 unspecified atom stereocenters. The van der Waals surface area contributed by atoms with E-state index in [1.807, 2.05) is 0 Å². The molecule has 5 rings (SSSR count). The summed E-state index contributed by atoms with van der Waals surface area (Å²) < 4.78 is 18.6. The Labute approximate surface area is 193 Å². The highest BCUT2D eigenvalue weighted by Gasteiger charge is 2.37. The molecule has 0 N–H and O–H groups in total. The SMILES string of the molecule is Cl.O=C1c2ccc([N+](=O)[O-])cc2C(=O)N1CCN1CCC(c2noc3cc(F)ccc23)CC1. The largest absolute Gasteiger partial charge is 0.356 e. The lowest BCUT2D eigenvalue weighted by Gasteiger charge is -2.32. The minimum atomic E-state index is -0.584. The molecule has 33 heavy (non-hydrogen) atoms. The van der Waals surface area contributed by atoms with Crippen LogP contribution in [0.1, 0.15) is 45.2 Å². The fraction of sp³-hybridized carbons (Fsp3) is 0.318. The lowest BCUT2D eigenvalue weighted by Crippen LogP contribution is -2.41. The number of nitrogens with zero attached hydrogens (tertiary/aromatic N) is 4. The molecule has 1 saturated heterocycles. The molecule has 9 nitrogen and oxygen atoms in total. The summed E-state index contributed by atoms with van der Waals surface area (Å²) in [4.78, 5) is 38.9. The molecule has 1 fully saturated rings. The van der Waals surface area contributed by atoms with E-state index < -0.39 is 16.7 Å². The van der Waals surface area contributed by atoms with E-state index in [2.05, 4.69) is 10.1 Å². The van der Waals surface area contributed by atoms with E-state index in [4.69, 9.17) is 4.52 Å². The fourth-order valence-electron chi connectivity index (χ4n) is 4.49. The molecule has 0 aliphatic carbocycles. The summed E-state index contributed by atoms with van der Waals surface area (Å²) >= 11 is 0. The van der Waals surface area contributed by atoms with E-state index in [9.17, 15) is 24.1 Å². The molecule has 2 aliphatic rings. The van der Waals surface area contributed by atoms with Gasteiger partial charge in [0.25, 0.3) is 17.5 Å². The molecule has 0 bridgehead atoms. The number of piperidine rings is 1. The Bertz CT molecular complexity index is 1250. The van der Waals surface area contributed by atoms with E-state index in [-0.39, 0.29) is 47.5 Å². The Hall–Kier alpha value is -3.37. The van der Waals surface area contributed by atoms with E-state index in [0.29, 0.717) is 12.1 Å². The number of likely N-dealkylation sites (tertiary alicyclic amines) is 1. The maximum Gasteiger partial charge on any atom is 0.270 e. The number of rotatable bonds is 5. The lowest BCUT2D eigenvalue weighted by molar-refractivity contribution is -0.384. The normalized spacial score (nSPS) is 16.8. The average molecular weight is 475 g/mol. The van der Waals surface area contributed by atoms with Gasteiger partial charge in [0.1, 0.15) is 5.82 Å². The van der Waals surface area contributed by atoms with Gasteiger partial charge in [-0.3, -0.25) is 24.6 Å². The Morgan fingerprint density at radius 2 is 1.79 bits per heavy atom. The number of hydrogen-bond acceptors (Lipinski definition) is 7. The highest BCUT2D eigenvalue weighted by Crippen LogP contribution is 2.33. The van der Waals surface area contributed by atoms with Crippen molar-refractivity contribution in [2.24, 2.45) is 0 Å². The molecule has 0 atom stereocenters. The second-order valence-electron chi connectivity index (χ2n) is 8.07. The average Bonchev–Trinajstić information content (AvgIpc) is 3.31. The van der Waals surface area contributed by atoms with E-state index in [1.54, 1.807) is 6.07 Å². The summed E-state index contributed by atoms with van der Waals surface area (Å²) in [6.07, 6.45) is 1.65. The van der Waals surface area contributed by atoms with Gasteiger partial charge in [-0.05, 0) is 44.1 Å². The predicted octanol–water partition coefficient (Wildman–Crippen LogP) is 3.77. The second kappa shape index (κ2) is 8.87. The van der Waals surface area contributed by atoms with Crippen LogP contribution in [0.4, 0.5) is 10.1 Å². The number of hydrogen-bond donors (Lipinski definition) is 0. The van der Waals surface area contributed by atoms with Crippen molar-refractivity contribution in [3.05, 3.63) is 69.2 Å². The van der Waals surface area contributed by atoms with Crippen LogP contribution < -0.4 is 0 Å². The number of carbonyl (C=O) groups excluding carboxylic acids is 2. The van der Waals surface area contributed by atoms with Gasteiger partial charge in [-0.25, -0.2) is 4.39 Å². The zero-order valence-electron chi connectivity index (χ0n) is 17.4. The zero-order valence-corrected chi connectivity index (χ0v) is 18.2. The number of benzene rings is 2. The van der Waals surface area contributed by atoms with Crippen molar-refractivity contribution in [2.75, 3.05) is 26.2 Å². The Morgan fingerprint density at radius 3 is 2.52 bits per heavy atom. The number of amides is 2. The summed E-state index contributed by atoms with van der Waals surface area (Å²) in [5, 5.41) is 15.9. The molecule has 1 aromatic heterocycles. The van der Waals surface area contributed by atoms with Gasteiger partial charge in [0.15, 0.2) is 5.58 Å². The first kappa shape index (κ1) is 22.8. The summed E-state index contributed by atoms with van der Waals surface area (Å²) in [5.74, 6) is -1.09. The molecule has 3 heterocycles. The minimum Gasteiger partial charge on any atom is -0.356 e. The van der Waals surface area contributed by atoms with Crippen molar-refractivity contribution in [1.82, 2.24) is 15.0 Å². The third-order valence-corrected chi connectivity index (χ3v) is 6.24. The Kier molecular flexibility index (Phi) is 6.13. The van der Waals surface area contributed by atoms with E-state index in [0.717, 1.165) is 48.0 Å². The predicted molar refractivity (Wildman–Crippen MR) is 118 cm³/mol. The number of halogens is 2. The molecule has 3 aromatic rings. The number of carbonyl (C=O) groups is 2. The molecule has 172 valence electrons. The summed E-state index contributed by atoms with van der Waals surface area (Å²) in [7, 11) is 0. The van der Waals surface area contributed by atoms with Crippen molar-refractivity contribution in [1.29, 1.82) is 0 Å². The van der Waals surface area contributed by atoms with Gasteiger partial charge in [0.2, 0.25) is 0 Å². The van der Waals surface area contributed by atoms with Gasteiger partial charge in [-0.15, -0.1) is 12.4 Å². The molecule has 11 heteroatoms. The number of nitro groups is 1. The van der Waals surface area contributed by atoms with Crippen LogP contribution in [0.5, 0.6) is 0 Å². The van der Waals surface area contributed by atoms with Gasteiger partial charge in [0.05, 0.1) is 21.7 Å². The van der Waals surface area contributed by atoms with Crippen molar-refractivity contribution >= 4 is 40.9 Å². The van der Waals surface area contributed by atoms with Crippen molar-refractivity contribution in [2.45, 2.75) is 18.8 Å². The highest BCUT2D eigenvalue weighted by atomic mass is 35.5. The monoisotopic (exact) mass is 474 g/mol. The fourth-order valence-corrected chi connectivity index (χ4v) is 4.49. The van der Waals surface area contributed by atoms with Gasteiger partial charge in [-0.1, -0.05) is 5.16 Å². The molecule has 0 saturated carbocycles. The molecular formula is C22H20ClFN4O5. The maximum atomic E-state index is 13.4. The smallest absolute Gasteiger partial charge is 0.270 e. The highest BCUT2D eigenvalue weighted by molar-refractivity contribution is 6.21.